The summed E-state index contributed by atoms with van der Waals surface area (Å²) in [6.45, 7) is 6.81. The van der Waals surface area contributed by atoms with Gasteiger partial charge in [-0.2, -0.15) is 0 Å². The number of hydrogen-bond acceptors (Lipinski definition) is 4. The van der Waals surface area contributed by atoms with Crippen molar-refractivity contribution in [1.82, 2.24) is 0 Å². The van der Waals surface area contributed by atoms with E-state index in [1.165, 1.54) is 6.92 Å². The second-order valence-electron chi connectivity index (χ2n) is 6.06. The van der Waals surface area contributed by atoms with Gasteiger partial charge in [-0.15, -0.1) is 0 Å². The van der Waals surface area contributed by atoms with Crippen molar-refractivity contribution in [1.29, 1.82) is 0 Å². The summed E-state index contributed by atoms with van der Waals surface area (Å²) < 4.78 is 10.8. The van der Waals surface area contributed by atoms with Gasteiger partial charge in [-0.1, -0.05) is 29.8 Å². The monoisotopic (exact) mass is 375 g/mol. The zero-order valence-corrected chi connectivity index (χ0v) is 16.0. The van der Waals surface area contributed by atoms with Crippen LogP contribution in [-0.4, -0.2) is 24.1 Å². The van der Waals surface area contributed by atoms with Gasteiger partial charge in [0.1, 0.15) is 5.75 Å². The van der Waals surface area contributed by atoms with Crippen molar-refractivity contribution in [2.75, 3.05) is 5.32 Å². The maximum Gasteiger partial charge on any atom is 0.347 e. The van der Waals surface area contributed by atoms with E-state index in [2.05, 4.69) is 5.32 Å². The highest BCUT2D eigenvalue weighted by molar-refractivity contribution is 6.31. The van der Waals surface area contributed by atoms with Crippen LogP contribution >= 0.6 is 11.6 Å². The first-order valence-corrected chi connectivity index (χ1v) is 8.65. The Morgan fingerprint density at radius 2 is 1.73 bits per heavy atom. The first-order valence-electron chi connectivity index (χ1n) is 8.27. The van der Waals surface area contributed by atoms with Crippen molar-refractivity contribution in [3.63, 3.8) is 0 Å². The molecule has 0 unspecified atom stereocenters. The first kappa shape index (κ1) is 19.8. The Labute approximate surface area is 158 Å². The molecular weight excluding hydrogens is 354 g/mol. The van der Waals surface area contributed by atoms with E-state index in [1.54, 1.807) is 38.1 Å². The molecule has 0 aliphatic rings. The molecule has 1 amide bonds. The van der Waals surface area contributed by atoms with E-state index in [1.807, 2.05) is 25.1 Å². The molecule has 0 saturated heterocycles. The van der Waals surface area contributed by atoms with Crippen molar-refractivity contribution in [2.24, 2.45) is 0 Å². The highest BCUT2D eigenvalue weighted by atomic mass is 35.5. The lowest BCUT2D eigenvalue weighted by molar-refractivity contribution is -0.159. The molecule has 138 valence electrons. The summed E-state index contributed by atoms with van der Waals surface area (Å²) in [6.07, 6.45) is -1.80. The molecular formula is C20H22ClNO4. The van der Waals surface area contributed by atoms with Gasteiger partial charge < -0.3 is 14.8 Å². The molecule has 0 saturated carbocycles. The van der Waals surface area contributed by atoms with Gasteiger partial charge in [-0.3, -0.25) is 4.79 Å². The molecule has 0 aromatic heterocycles. The molecule has 0 aliphatic heterocycles. The molecule has 0 aliphatic carbocycles. The highest BCUT2D eigenvalue weighted by Gasteiger charge is 2.23. The molecule has 0 bridgehead atoms. The number of amides is 1. The van der Waals surface area contributed by atoms with Crippen LogP contribution < -0.4 is 10.1 Å². The summed E-state index contributed by atoms with van der Waals surface area (Å²) in [7, 11) is 0. The Bertz CT molecular complexity index is 806. The number of esters is 1. The maximum absolute atomic E-state index is 12.3. The number of aryl methyl sites for hydroxylation is 1. The SMILES string of the molecule is Cc1cccc(O[C@@H](C)C(=O)O[C@H](C)C(=O)Nc2cccc(Cl)c2C)c1. The van der Waals surface area contributed by atoms with Crippen molar-refractivity contribution < 1.29 is 19.1 Å². The van der Waals surface area contributed by atoms with E-state index >= 15 is 0 Å². The van der Waals surface area contributed by atoms with Gasteiger partial charge in [0.05, 0.1) is 0 Å². The fourth-order valence-corrected chi connectivity index (χ4v) is 2.42. The highest BCUT2D eigenvalue weighted by Crippen LogP contribution is 2.23. The van der Waals surface area contributed by atoms with E-state index < -0.39 is 24.1 Å². The third kappa shape index (κ3) is 5.23. The topological polar surface area (TPSA) is 64.6 Å². The predicted octanol–water partition coefficient (Wildman–Crippen LogP) is 4.29. The zero-order chi connectivity index (χ0) is 19.3. The van der Waals surface area contributed by atoms with Crippen LogP contribution in [0.5, 0.6) is 5.75 Å². The standard InChI is InChI=1S/C20H22ClNO4/c1-12-7-5-8-16(11-12)25-15(4)20(24)26-14(3)19(23)22-18-10-6-9-17(21)13(18)2/h5-11,14-15H,1-4H3,(H,22,23)/t14-,15+/m1/s1. The second-order valence-corrected chi connectivity index (χ2v) is 6.46. The van der Waals surface area contributed by atoms with Gasteiger partial charge in [0.25, 0.3) is 5.91 Å². The van der Waals surface area contributed by atoms with Gasteiger partial charge in [-0.25, -0.2) is 4.79 Å². The van der Waals surface area contributed by atoms with Crippen LogP contribution in [0, 0.1) is 13.8 Å². The zero-order valence-electron chi connectivity index (χ0n) is 15.2. The third-order valence-corrected chi connectivity index (χ3v) is 4.23. The lowest BCUT2D eigenvalue weighted by atomic mass is 10.2. The van der Waals surface area contributed by atoms with Crippen molar-refractivity contribution in [3.05, 3.63) is 58.6 Å². The molecule has 0 heterocycles. The largest absolute Gasteiger partial charge is 0.479 e. The number of hydrogen-bond donors (Lipinski definition) is 1. The van der Waals surface area contributed by atoms with Crippen LogP contribution in [0.1, 0.15) is 25.0 Å². The van der Waals surface area contributed by atoms with E-state index in [4.69, 9.17) is 21.1 Å². The van der Waals surface area contributed by atoms with Gasteiger partial charge >= 0.3 is 5.97 Å². The Morgan fingerprint density at radius 1 is 1.04 bits per heavy atom. The number of carbonyl (C=O) groups is 2. The van der Waals surface area contributed by atoms with Crippen LogP contribution in [0.4, 0.5) is 5.69 Å². The van der Waals surface area contributed by atoms with Crippen LogP contribution in [0.3, 0.4) is 0 Å². The Morgan fingerprint density at radius 3 is 2.42 bits per heavy atom. The number of ether oxygens (including phenoxy) is 2. The quantitative estimate of drug-likeness (QED) is 0.765. The molecule has 2 atom stereocenters. The lowest BCUT2D eigenvalue weighted by Crippen LogP contribution is -2.35. The summed E-state index contributed by atoms with van der Waals surface area (Å²) >= 11 is 6.04. The molecule has 6 heteroatoms. The van der Waals surface area contributed by atoms with Gasteiger partial charge in [0.2, 0.25) is 0 Å². The maximum atomic E-state index is 12.3. The first-order chi connectivity index (χ1) is 12.3. The normalized spacial score (nSPS) is 12.8. The fraction of sp³-hybridized carbons (Fsp3) is 0.300. The summed E-state index contributed by atoms with van der Waals surface area (Å²) in [5.41, 5.74) is 2.35. The minimum atomic E-state index is -0.968. The summed E-state index contributed by atoms with van der Waals surface area (Å²) in [6, 6.07) is 12.6. The van der Waals surface area contributed by atoms with E-state index in [-0.39, 0.29) is 0 Å². The molecule has 2 rings (SSSR count). The van der Waals surface area contributed by atoms with Crippen LogP contribution in [0.25, 0.3) is 0 Å². The third-order valence-electron chi connectivity index (χ3n) is 3.82. The predicted molar refractivity (Wildman–Crippen MR) is 102 cm³/mol. The summed E-state index contributed by atoms with van der Waals surface area (Å²) in [5.74, 6) is -0.482. The van der Waals surface area contributed by atoms with Crippen molar-refractivity contribution in [3.8, 4) is 5.75 Å². The molecule has 0 radical (unpaired) electrons. The average Bonchev–Trinajstić information content (AvgIpc) is 2.58. The molecule has 2 aromatic rings. The van der Waals surface area contributed by atoms with E-state index in [0.717, 1.165) is 11.1 Å². The smallest absolute Gasteiger partial charge is 0.347 e. The number of carbonyl (C=O) groups excluding carboxylic acids is 2. The van der Waals surface area contributed by atoms with E-state index in [9.17, 15) is 9.59 Å². The minimum Gasteiger partial charge on any atom is -0.479 e. The number of rotatable bonds is 6. The van der Waals surface area contributed by atoms with Gasteiger partial charge in [0, 0.05) is 10.7 Å². The number of benzene rings is 2. The van der Waals surface area contributed by atoms with Crippen LogP contribution in [0.2, 0.25) is 5.02 Å². The fourth-order valence-electron chi connectivity index (χ4n) is 2.24. The molecule has 0 fully saturated rings. The van der Waals surface area contributed by atoms with E-state index in [0.29, 0.717) is 16.5 Å². The number of anilines is 1. The summed E-state index contributed by atoms with van der Waals surface area (Å²) in [4.78, 5) is 24.4. The van der Waals surface area contributed by atoms with Gasteiger partial charge in [0.15, 0.2) is 12.2 Å². The Balaban J connectivity index is 1.93. The molecule has 0 spiro atoms. The average molecular weight is 376 g/mol. The minimum absolute atomic E-state index is 0.438. The number of nitrogens with one attached hydrogen (secondary N) is 1. The molecule has 1 N–H and O–H groups in total. The van der Waals surface area contributed by atoms with Crippen molar-refractivity contribution >= 4 is 29.2 Å². The molecule has 2 aromatic carbocycles. The van der Waals surface area contributed by atoms with Crippen molar-refractivity contribution in [2.45, 2.75) is 39.9 Å². The summed E-state index contributed by atoms with van der Waals surface area (Å²) in [5, 5.41) is 3.26. The second kappa shape index (κ2) is 8.72. The Kier molecular flexibility index (Phi) is 6.64. The van der Waals surface area contributed by atoms with Gasteiger partial charge in [-0.05, 0) is 63.1 Å². The van der Waals surface area contributed by atoms with Crippen LogP contribution in [-0.2, 0) is 14.3 Å². The number of halogens is 1. The molecule has 5 nitrogen and oxygen atoms in total. The lowest BCUT2D eigenvalue weighted by Gasteiger charge is -2.18. The van der Waals surface area contributed by atoms with Crippen LogP contribution in [0.15, 0.2) is 42.5 Å². The molecule has 26 heavy (non-hydrogen) atoms. The Hall–Kier alpha value is -2.53.